The molecule has 3 heterocycles. The van der Waals surface area contributed by atoms with Gasteiger partial charge in [0.05, 0.1) is 11.8 Å². The zero-order valence-electron chi connectivity index (χ0n) is 13.5. The summed E-state index contributed by atoms with van der Waals surface area (Å²) in [5.41, 5.74) is 1.02. The number of nitrogens with zero attached hydrogens (tertiary/aromatic N) is 4. The molecule has 0 saturated carbocycles. The lowest BCUT2D eigenvalue weighted by atomic mass is 10.3. The van der Waals surface area contributed by atoms with E-state index in [0.29, 0.717) is 6.10 Å². The van der Waals surface area contributed by atoms with E-state index in [4.69, 9.17) is 16.3 Å². The molecule has 2 aliphatic rings. The van der Waals surface area contributed by atoms with Gasteiger partial charge < -0.3 is 9.64 Å². The van der Waals surface area contributed by atoms with E-state index < -0.39 is 0 Å². The normalized spacial score (nSPS) is 20.9. The fraction of sp³-hybridized carbons (Fsp3) is 0.529. The van der Waals surface area contributed by atoms with Crippen LogP contribution < -0.4 is 4.90 Å². The van der Waals surface area contributed by atoms with Crippen molar-refractivity contribution in [3.63, 3.8) is 0 Å². The summed E-state index contributed by atoms with van der Waals surface area (Å²) in [5, 5.41) is 10.6. The third kappa shape index (κ3) is 3.41. The SMILES string of the molecule is Clc1cccc(-n2c(SC[C@@H]3CCCO3)nnc2N2CCCC2)c1. The summed E-state index contributed by atoms with van der Waals surface area (Å²) in [6.07, 6.45) is 5.04. The van der Waals surface area contributed by atoms with Crippen molar-refractivity contribution in [2.75, 3.05) is 30.3 Å². The molecule has 0 radical (unpaired) electrons. The highest BCUT2D eigenvalue weighted by Gasteiger charge is 2.24. The Hall–Kier alpha value is -1.24. The third-order valence-electron chi connectivity index (χ3n) is 4.49. The second-order valence-corrected chi connectivity index (χ2v) is 7.66. The van der Waals surface area contributed by atoms with E-state index in [1.54, 1.807) is 11.8 Å². The van der Waals surface area contributed by atoms with Gasteiger partial charge in [-0.05, 0) is 43.9 Å². The lowest BCUT2D eigenvalue weighted by Crippen LogP contribution is -2.22. The van der Waals surface area contributed by atoms with Crippen molar-refractivity contribution in [1.82, 2.24) is 14.8 Å². The molecule has 2 saturated heterocycles. The lowest BCUT2D eigenvalue weighted by molar-refractivity contribution is 0.129. The van der Waals surface area contributed by atoms with Gasteiger partial charge in [0.2, 0.25) is 5.95 Å². The Morgan fingerprint density at radius 1 is 1.21 bits per heavy atom. The molecule has 0 bridgehead atoms. The predicted octanol–water partition coefficient (Wildman–Crippen LogP) is 3.79. The van der Waals surface area contributed by atoms with Crippen LogP contribution in [-0.4, -0.2) is 46.3 Å². The van der Waals surface area contributed by atoms with Gasteiger partial charge in [0, 0.05) is 30.5 Å². The molecule has 0 amide bonds. The molecule has 0 spiro atoms. The average Bonchev–Trinajstić information content (AvgIpc) is 3.33. The monoisotopic (exact) mass is 364 g/mol. The molecular formula is C17H21ClN4OS. The van der Waals surface area contributed by atoms with Gasteiger partial charge in [-0.3, -0.25) is 4.57 Å². The van der Waals surface area contributed by atoms with Gasteiger partial charge in [0.15, 0.2) is 5.16 Å². The molecule has 5 nitrogen and oxygen atoms in total. The topological polar surface area (TPSA) is 43.2 Å². The molecule has 1 atom stereocenters. The first-order valence-electron chi connectivity index (χ1n) is 8.52. The minimum Gasteiger partial charge on any atom is -0.377 e. The zero-order chi connectivity index (χ0) is 16.4. The van der Waals surface area contributed by atoms with Crippen LogP contribution in [0, 0.1) is 0 Å². The van der Waals surface area contributed by atoms with Gasteiger partial charge in [0.25, 0.3) is 0 Å². The highest BCUT2D eigenvalue weighted by atomic mass is 35.5. The van der Waals surface area contributed by atoms with Crippen LogP contribution in [0.4, 0.5) is 5.95 Å². The minimum atomic E-state index is 0.328. The lowest BCUT2D eigenvalue weighted by Gasteiger charge is -2.18. The number of hydrogen-bond acceptors (Lipinski definition) is 5. The van der Waals surface area contributed by atoms with Crippen LogP contribution in [0.2, 0.25) is 5.02 Å². The van der Waals surface area contributed by atoms with Crippen molar-refractivity contribution in [1.29, 1.82) is 0 Å². The van der Waals surface area contributed by atoms with Crippen molar-refractivity contribution >= 4 is 29.3 Å². The van der Waals surface area contributed by atoms with Crippen LogP contribution in [-0.2, 0) is 4.74 Å². The highest BCUT2D eigenvalue weighted by Crippen LogP contribution is 2.31. The number of hydrogen-bond donors (Lipinski definition) is 0. The predicted molar refractivity (Wildman–Crippen MR) is 97.5 cm³/mol. The smallest absolute Gasteiger partial charge is 0.232 e. The standard InChI is InChI=1S/C17H21ClN4OS/c18-13-5-3-6-14(11-13)22-16(21-8-1-2-9-21)19-20-17(22)24-12-15-7-4-10-23-15/h3,5-6,11,15H,1-2,4,7-10,12H2/t15-/m0/s1. The molecule has 128 valence electrons. The molecule has 2 aromatic rings. The van der Waals surface area contributed by atoms with Gasteiger partial charge in [-0.25, -0.2) is 0 Å². The van der Waals surface area contributed by atoms with Gasteiger partial charge in [0.1, 0.15) is 0 Å². The summed E-state index contributed by atoms with van der Waals surface area (Å²) < 4.78 is 7.87. The molecule has 24 heavy (non-hydrogen) atoms. The van der Waals surface area contributed by atoms with E-state index in [-0.39, 0.29) is 0 Å². The summed E-state index contributed by atoms with van der Waals surface area (Å²) in [4.78, 5) is 2.31. The Morgan fingerprint density at radius 3 is 2.83 bits per heavy atom. The van der Waals surface area contributed by atoms with Gasteiger partial charge >= 0.3 is 0 Å². The molecule has 0 aliphatic carbocycles. The highest BCUT2D eigenvalue weighted by molar-refractivity contribution is 7.99. The maximum atomic E-state index is 6.21. The Bertz CT molecular complexity index is 696. The summed E-state index contributed by atoms with van der Waals surface area (Å²) in [7, 11) is 0. The van der Waals surface area contributed by atoms with Crippen LogP contribution in [0.3, 0.4) is 0 Å². The van der Waals surface area contributed by atoms with Crippen LogP contribution >= 0.6 is 23.4 Å². The van der Waals surface area contributed by atoms with Crippen LogP contribution in [0.1, 0.15) is 25.7 Å². The van der Waals surface area contributed by atoms with E-state index in [1.165, 1.54) is 12.8 Å². The number of aromatic nitrogens is 3. The van der Waals surface area contributed by atoms with E-state index in [0.717, 1.165) is 60.1 Å². The summed E-state index contributed by atoms with van der Waals surface area (Å²) >= 11 is 7.93. The second kappa shape index (κ2) is 7.33. The molecule has 1 aromatic carbocycles. The fourth-order valence-electron chi connectivity index (χ4n) is 3.26. The van der Waals surface area contributed by atoms with Crippen molar-refractivity contribution in [2.45, 2.75) is 36.9 Å². The van der Waals surface area contributed by atoms with Gasteiger partial charge in [-0.1, -0.05) is 29.4 Å². The second-order valence-electron chi connectivity index (χ2n) is 6.24. The molecule has 4 rings (SSSR count). The molecule has 0 N–H and O–H groups in total. The summed E-state index contributed by atoms with van der Waals surface area (Å²) in [5.74, 6) is 1.84. The number of ether oxygens (including phenoxy) is 1. The maximum Gasteiger partial charge on any atom is 0.232 e. The molecular weight excluding hydrogens is 344 g/mol. The number of rotatable bonds is 5. The molecule has 7 heteroatoms. The molecule has 2 fully saturated rings. The first-order chi connectivity index (χ1) is 11.8. The fourth-order valence-corrected chi connectivity index (χ4v) is 4.46. The number of halogens is 1. The maximum absolute atomic E-state index is 6.21. The number of thioether (sulfide) groups is 1. The Kier molecular flexibility index (Phi) is 4.96. The van der Waals surface area contributed by atoms with E-state index >= 15 is 0 Å². The van der Waals surface area contributed by atoms with Crippen molar-refractivity contribution in [3.05, 3.63) is 29.3 Å². The van der Waals surface area contributed by atoms with Crippen molar-refractivity contribution in [2.24, 2.45) is 0 Å². The number of anilines is 1. The van der Waals surface area contributed by atoms with Crippen LogP contribution in [0.25, 0.3) is 5.69 Å². The Balaban J connectivity index is 1.64. The minimum absolute atomic E-state index is 0.328. The first-order valence-corrected chi connectivity index (χ1v) is 9.88. The average molecular weight is 365 g/mol. The molecule has 2 aliphatic heterocycles. The zero-order valence-corrected chi connectivity index (χ0v) is 15.1. The van der Waals surface area contributed by atoms with Crippen LogP contribution in [0.5, 0.6) is 0 Å². The van der Waals surface area contributed by atoms with E-state index in [1.807, 2.05) is 18.2 Å². The Morgan fingerprint density at radius 2 is 2.08 bits per heavy atom. The van der Waals surface area contributed by atoms with Gasteiger partial charge in [-0.2, -0.15) is 0 Å². The quantitative estimate of drug-likeness (QED) is 0.755. The third-order valence-corrected chi connectivity index (χ3v) is 5.79. The van der Waals surface area contributed by atoms with Crippen LogP contribution in [0.15, 0.2) is 29.4 Å². The van der Waals surface area contributed by atoms with Crippen molar-refractivity contribution in [3.8, 4) is 5.69 Å². The summed E-state index contributed by atoms with van der Waals surface area (Å²) in [6.45, 7) is 2.95. The Labute approximate surface area is 151 Å². The largest absolute Gasteiger partial charge is 0.377 e. The summed E-state index contributed by atoms with van der Waals surface area (Å²) in [6, 6.07) is 7.90. The first kappa shape index (κ1) is 16.2. The van der Waals surface area contributed by atoms with Crippen molar-refractivity contribution < 1.29 is 4.74 Å². The van der Waals surface area contributed by atoms with E-state index in [2.05, 4.69) is 25.7 Å². The van der Waals surface area contributed by atoms with E-state index in [9.17, 15) is 0 Å². The van der Waals surface area contributed by atoms with Gasteiger partial charge in [-0.15, -0.1) is 10.2 Å². The number of benzene rings is 1. The molecule has 0 unspecified atom stereocenters. The molecule has 1 aromatic heterocycles.